The van der Waals surface area contributed by atoms with Gasteiger partial charge in [0.05, 0.1) is 5.92 Å². The Balaban J connectivity index is 1.80. The fourth-order valence-corrected chi connectivity index (χ4v) is 2.21. The van der Waals surface area contributed by atoms with Crippen LogP contribution in [0.1, 0.15) is 12.0 Å². The predicted octanol–water partition coefficient (Wildman–Crippen LogP) is 1.12. The molecule has 108 valence electrons. The van der Waals surface area contributed by atoms with Gasteiger partial charge in [0.2, 0.25) is 24.1 Å². The molecule has 2 aromatic rings. The molecule has 0 saturated carbocycles. The summed E-state index contributed by atoms with van der Waals surface area (Å²) in [4.78, 5) is 23.3. The summed E-state index contributed by atoms with van der Waals surface area (Å²) < 4.78 is 5.14. The van der Waals surface area contributed by atoms with E-state index in [4.69, 9.17) is 4.42 Å². The molecule has 2 heterocycles. The molecule has 2 N–H and O–H groups in total. The zero-order valence-corrected chi connectivity index (χ0v) is 11.4. The second kappa shape index (κ2) is 5.35. The van der Waals surface area contributed by atoms with Crippen LogP contribution in [0, 0.1) is 12.8 Å². The molecule has 1 saturated heterocycles. The van der Waals surface area contributed by atoms with E-state index in [1.807, 2.05) is 19.1 Å². The molecule has 7 heteroatoms. The van der Waals surface area contributed by atoms with Gasteiger partial charge in [0.1, 0.15) is 0 Å². The van der Waals surface area contributed by atoms with E-state index in [1.165, 1.54) is 6.39 Å². The number of rotatable bonds is 3. The largest absolute Gasteiger partial charge is 0.423 e. The minimum atomic E-state index is -0.330. The van der Waals surface area contributed by atoms with Crippen molar-refractivity contribution in [3.8, 4) is 11.5 Å². The second-order valence-electron chi connectivity index (χ2n) is 4.97. The number of carbonyl (C=O) groups is 2. The number of hydrogen-bond donors (Lipinski definition) is 2. The van der Waals surface area contributed by atoms with Gasteiger partial charge in [0.25, 0.3) is 0 Å². The fourth-order valence-electron chi connectivity index (χ4n) is 2.21. The average Bonchev–Trinajstić information content (AvgIpc) is 3.12. The molecule has 1 aliphatic heterocycles. The summed E-state index contributed by atoms with van der Waals surface area (Å²) in [7, 11) is 0. The standard InChI is InChI=1S/C14H14N4O3/c1-8-2-3-9(14-18-16-7-21-14)4-11(8)17-13(20)10-5-12(19)15-6-10/h2-4,7,10H,5-6H2,1H3,(H,15,19)(H,17,20). The van der Waals surface area contributed by atoms with Gasteiger partial charge in [-0.25, -0.2) is 0 Å². The van der Waals surface area contributed by atoms with E-state index < -0.39 is 0 Å². The summed E-state index contributed by atoms with van der Waals surface area (Å²) in [6, 6.07) is 5.50. The lowest BCUT2D eigenvalue weighted by molar-refractivity contribution is -0.123. The van der Waals surface area contributed by atoms with Gasteiger partial charge >= 0.3 is 0 Å². The predicted molar refractivity (Wildman–Crippen MR) is 74.2 cm³/mol. The van der Waals surface area contributed by atoms with Gasteiger partial charge in [0, 0.05) is 24.2 Å². The smallest absolute Gasteiger partial charge is 0.247 e. The average molecular weight is 286 g/mol. The number of anilines is 1. The van der Waals surface area contributed by atoms with Crippen LogP contribution in [0.5, 0.6) is 0 Å². The van der Waals surface area contributed by atoms with E-state index in [1.54, 1.807) is 6.07 Å². The number of aromatic nitrogens is 2. The van der Waals surface area contributed by atoms with Crippen molar-refractivity contribution in [2.75, 3.05) is 11.9 Å². The quantitative estimate of drug-likeness (QED) is 0.881. The fraction of sp³-hybridized carbons (Fsp3) is 0.286. The van der Waals surface area contributed by atoms with Crippen LogP contribution in [0.3, 0.4) is 0 Å². The first-order valence-electron chi connectivity index (χ1n) is 6.58. The number of benzene rings is 1. The van der Waals surface area contributed by atoms with Gasteiger partial charge < -0.3 is 15.1 Å². The Morgan fingerprint density at radius 1 is 1.48 bits per heavy atom. The van der Waals surface area contributed by atoms with Crippen LogP contribution in [0.2, 0.25) is 0 Å². The first kappa shape index (κ1) is 13.3. The Bertz CT molecular complexity index is 682. The summed E-state index contributed by atoms with van der Waals surface area (Å²) in [6.07, 6.45) is 1.48. The molecule has 21 heavy (non-hydrogen) atoms. The van der Waals surface area contributed by atoms with Gasteiger partial charge in [0.15, 0.2) is 0 Å². The van der Waals surface area contributed by atoms with E-state index in [0.29, 0.717) is 18.1 Å². The number of carbonyl (C=O) groups excluding carboxylic acids is 2. The zero-order chi connectivity index (χ0) is 14.8. The van der Waals surface area contributed by atoms with Crippen molar-refractivity contribution in [1.82, 2.24) is 15.5 Å². The van der Waals surface area contributed by atoms with E-state index in [2.05, 4.69) is 20.8 Å². The van der Waals surface area contributed by atoms with Crippen LogP contribution >= 0.6 is 0 Å². The van der Waals surface area contributed by atoms with Crippen molar-refractivity contribution in [2.45, 2.75) is 13.3 Å². The van der Waals surface area contributed by atoms with Crippen LogP contribution in [-0.2, 0) is 9.59 Å². The van der Waals surface area contributed by atoms with Gasteiger partial charge in [-0.1, -0.05) is 6.07 Å². The van der Waals surface area contributed by atoms with Crippen molar-refractivity contribution < 1.29 is 14.0 Å². The lowest BCUT2D eigenvalue weighted by Gasteiger charge is -2.12. The minimum absolute atomic E-state index is 0.0912. The molecule has 1 fully saturated rings. The second-order valence-corrected chi connectivity index (χ2v) is 4.97. The molecule has 0 aliphatic carbocycles. The molecular weight excluding hydrogens is 272 g/mol. The van der Waals surface area contributed by atoms with Gasteiger partial charge in [-0.3, -0.25) is 9.59 Å². The van der Waals surface area contributed by atoms with Gasteiger partial charge in [-0.2, -0.15) is 0 Å². The highest BCUT2D eigenvalue weighted by molar-refractivity contribution is 5.98. The molecule has 1 aromatic heterocycles. The molecule has 1 unspecified atom stereocenters. The number of nitrogens with zero attached hydrogens (tertiary/aromatic N) is 2. The minimum Gasteiger partial charge on any atom is -0.423 e. The SMILES string of the molecule is Cc1ccc(-c2nnco2)cc1NC(=O)C1CNC(=O)C1. The molecule has 3 rings (SSSR count). The third-order valence-electron chi connectivity index (χ3n) is 3.45. The van der Waals surface area contributed by atoms with Crippen LogP contribution in [0.25, 0.3) is 11.5 Å². The Morgan fingerprint density at radius 2 is 2.33 bits per heavy atom. The number of amides is 2. The highest BCUT2D eigenvalue weighted by Crippen LogP contribution is 2.24. The Labute approximate surface area is 120 Å². The van der Waals surface area contributed by atoms with E-state index in [9.17, 15) is 9.59 Å². The maximum Gasteiger partial charge on any atom is 0.247 e. The molecule has 1 aromatic carbocycles. The van der Waals surface area contributed by atoms with Crippen LogP contribution in [0.15, 0.2) is 29.0 Å². The third kappa shape index (κ3) is 2.76. The molecule has 0 spiro atoms. The molecule has 1 aliphatic rings. The summed E-state index contributed by atoms with van der Waals surface area (Å²) in [5, 5.41) is 13.0. The molecule has 0 radical (unpaired) electrons. The third-order valence-corrected chi connectivity index (χ3v) is 3.45. The maximum absolute atomic E-state index is 12.2. The maximum atomic E-state index is 12.2. The summed E-state index contributed by atoms with van der Waals surface area (Å²) >= 11 is 0. The first-order valence-corrected chi connectivity index (χ1v) is 6.58. The van der Waals surface area contributed by atoms with Crippen molar-refractivity contribution >= 4 is 17.5 Å². The van der Waals surface area contributed by atoms with Crippen molar-refractivity contribution in [3.63, 3.8) is 0 Å². The Morgan fingerprint density at radius 3 is 3.00 bits per heavy atom. The number of aryl methyl sites for hydroxylation is 1. The van der Waals surface area contributed by atoms with Crippen molar-refractivity contribution in [3.05, 3.63) is 30.2 Å². The van der Waals surface area contributed by atoms with Crippen molar-refractivity contribution in [2.24, 2.45) is 5.92 Å². The Kier molecular flexibility index (Phi) is 3.39. The van der Waals surface area contributed by atoms with Crippen LogP contribution in [0.4, 0.5) is 5.69 Å². The Hall–Kier alpha value is -2.70. The zero-order valence-electron chi connectivity index (χ0n) is 11.4. The summed E-state index contributed by atoms with van der Waals surface area (Å²) in [6.45, 7) is 2.28. The van der Waals surface area contributed by atoms with Crippen LogP contribution < -0.4 is 10.6 Å². The van der Waals surface area contributed by atoms with Gasteiger partial charge in [-0.15, -0.1) is 10.2 Å². The highest BCUT2D eigenvalue weighted by atomic mass is 16.4. The van der Waals surface area contributed by atoms with E-state index in [-0.39, 0.29) is 24.2 Å². The number of hydrogen-bond acceptors (Lipinski definition) is 5. The monoisotopic (exact) mass is 286 g/mol. The van der Waals surface area contributed by atoms with Crippen LogP contribution in [-0.4, -0.2) is 28.6 Å². The number of nitrogens with one attached hydrogen (secondary N) is 2. The molecule has 2 amide bonds. The molecular formula is C14H14N4O3. The first-order chi connectivity index (χ1) is 10.1. The van der Waals surface area contributed by atoms with Gasteiger partial charge in [-0.05, 0) is 24.6 Å². The highest BCUT2D eigenvalue weighted by Gasteiger charge is 2.28. The molecule has 0 bridgehead atoms. The van der Waals surface area contributed by atoms with E-state index in [0.717, 1.165) is 11.1 Å². The lowest BCUT2D eigenvalue weighted by Crippen LogP contribution is -2.25. The normalized spacial score (nSPS) is 17.6. The summed E-state index contributed by atoms with van der Waals surface area (Å²) in [5.74, 6) is -0.196. The molecule has 7 nitrogen and oxygen atoms in total. The van der Waals surface area contributed by atoms with E-state index >= 15 is 0 Å². The molecule has 1 atom stereocenters. The van der Waals surface area contributed by atoms with Crippen molar-refractivity contribution in [1.29, 1.82) is 0 Å². The topological polar surface area (TPSA) is 97.1 Å². The lowest BCUT2D eigenvalue weighted by atomic mass is 10.1. The summed E-state index contributed by atoms with van der Waals surface area (Å²) in [5.41, 5.74) is 2.33.